The van der Waals surface area contributed by atoms with Crippen LogP contribution in [0.15, 0.2) is 0 Å². The molecule has 158 valence electrons. The van der Waals surface area contributed by atoms with Crippen molar-refractivity contribution in [3.05, 3.63) is 16.0 Å². The van der Waals surface area contributed by atoms with Crippen LogP contribution >= 0.6 is 11.3 Å². The molecule has 1 aromatic rings. The molecule has 1 N–H and O–H groups in total. The van der Waals surface area contributed by atoms with E-state index in [-0.39, 0.29) is 11.9 Å². The van der Waals surface area contributed by atoms with Gasteiger partial charge in [0, 0.05) is 11.3 Å². The Balaban J connectivity index is 1.78. The maximum Gasteiger partial charge on any atom is 0.341 e. The number of hydrogen-bond donors (Lipinski definition) is 1. The second kappa shape index (κ2) is 12.3. The van der Waals surface area contributed by atoms with Gasteiger partial charge in [-0.3, -0.25) is 4.79 Å². The lowest BCUT2D eigenvalue weighted by Crippen LogP contribution is -2.15. The summed E-state index contributed by atoms with van der Waals surface area (Å²) in [4.78, 5) is 25.9. The van der Waals surface area contributed by atoms with Crippen LogP contribution < -0.4 is 5.32 Å². The maximum atomic E-state index is 12.4. The molecule has 0 spiro atoms. The normalized spacial score (nSPS) is 15.9. The third-order valence-corrected chi connectivity index (χ3v) is 6.83. The molecular formula is C23H37NO3S. The van der Waals surface area contributed by atoms with Crippen molar-refractivity contribution in [2.45, 2.75) is 97.3 Å². The first-order valence-electron chi connectivity index (χ1n) is 11.1. The number of nitrogens with one attached hydrogen (secondary N) is 1. The van der Waals surface area contributed by atoms with Crippen LogP contribution in [0, 0.1) is 5.92 Å². The predicted molar refractivity (Wildman–Crippen MR) is 117 cm³/mol. The van der Waals surface area contributed by atoms with E-state index < -0.39 is 0 Å². The van der Waals surface area contributed by atoms with Crippen molar-refractivity contribution in [3.63, 3.8) is 0 Å². The van der Waals surface area contributed by atoms with E-state index in [1.54, 1.807) is 11.3 Å². The van der Waals surface area contributed by atoms with E-state index in [1.165, 1.54) is 56.9 Å². The Bertz CT molecular complexity index is 638. The predicted octanol–water partition coefficient (Wildman–Crippen LogP) is 6.52. The molecule has 0 bridgehead atoms. The fourth-order valence-electron chi connectivity index (χ4n) is 3.94. The van der Waals surface area contributed by atoms with E-state index in [0.29, 0.717) is 22.9 Å². The molecule has 4 nitrogen and oxygen atoms in total. The molecule has 1 heterocycles. The van der Waals surface area contributed by atoms with Gasteiger partial charge in [0.25, 0.3) is 0 Å². The molecule has 0 fully saturated rings. The van der Waals surface area contributed by atoms with Gasteiger partial charge in [-0.15, -0.1) is 11.3 Å². The fraction of sp³-hybridized carbons (Fsp3) is 0.739. The minimum atomic E-state index is -0.328. The van der Waals surface area contributed by atoms with Crippen LogP contribution in [0.4, 0.5) is 5.00 Å². The molecule has 5 heteroatoms. The fourth-order valence-corrected chi connectivity index (χ4v) is 5.36. The van der Waals surface area contributed by atoms with Crippen LogP contribution in [-0.4, -0.2) is 19.0 Å². The number of amides is 1. The number of unbranched alkanes of at least 4 members (excludes halogenated alkanes) is 8. The molecule has 2 rings (SSSR count). The Morgan fingerprint density at radius 2 is 1.71 bits per heavy atom. The molecule has 0 radical (unpaired) electrons. The lowest BCUT2D eigenvalue weighted by molar-refractivity contribution is -0.116. The number of esters is 1. The highest BCUT2D eigenvalue weighted by Crippen LogP contribution is 2.40. The summed E-state index contributed by atoms with van der Waals surface area (Å²) in [6.45, 7) is 4.48. The van der Waals surface area contributed by atoms with Gasteiger partial charge in [-0.1, -0.05) is 65.2 Å². The highest BCUT2D eigenvalue weighted by Gasteiger charge is 2.28. The number of carbonyl (C=O) groups excluding carboxylic acids is 2. The lowest BCUT2D eigenvalue weighted by Gasteiger charge is -2.18. The Morgan fingerprint density at radius 1 is 1.07 bits per heavy atom. The second-order valence-corrected chi connectivity index (χ2v) is 9.28. The smallest absolute Gasteiger partial charge is 0.341 e. The van der Waals surface area contributed by atoms with E-state index >= 15 is 0 Å². The lowest BCUT2D eigenvalue weighted by atomic mass is 9.88. The molecule has 1 amide bonds. The van der Waals surface area contributed by atoms with Crippen molar-refractivity contribution in [1.82, 2.24) is 0 Å². The van der Waals surface area contributed by atoms with Crippen LogP contribution in [0.25, 0.3) is 0 Å². The number of thiophene rings is 1. The van der Waals surface area contributed by atoms with Gasteiger partial charge in [-0.2, -0.15) is 0 Å². The SMILES string of the molecule is CCCCCCCCCCCC(=O)Nc1sc2c(c1C(=O)OC)CC[C@@H](C)C2. The largest absolute Gasteiger partial charge is 0.465 e. The van der Waals surface area contributed by atoms with Crippen molar-refractivity contribution in [2.24, 2.45) is 5.92 Å². The van der Waals surface area contributed by atoms with E-state index in [1.807, 2.05) is 0 Å². The monoisotopic (exact) mass is 407 g/mol. The summed E-state index contributed by atoms with van der Waals surface area (Å²) in [5.74, 6) is 0.312. The third kappa shape index (κ3) is 6.91. The van der Waals surface area contributed by atoms with Crippen molar-refractivity contribution in [3.8, 4) is 0 Å². The minimum Gasteiger partial charge on any atom is -0.465 e. The molecule has 1 aliphatic carbocycles. The van der Waals surface area contributed by atoms with Crippen molar-refractivity contribution < 1.29 is 14.3 Å². The number of ether oxygens (including phenoxy) is 1. The van der Waals surface area contributed by atoms with Crippen LogP contribution in [0.3, 0.4) is 0 Å². The van der Waals surface area contributed by atoms with Gasteiger partial charge in [-0.05, 0) is 37.2 Å². The quantitative estimate of drug-likeness (QED) is 0.317. The molecule has 0 unspecified atom stereocenters. The Morgan fingerprint density at radius 3 is 2.36 bits per heavy atom. The molecule has 1 aliphatic rings. The van der Waals surface area contributed by atoms with Crippen molar-refractivity contribution >= 4 is 28.2 Å². The summed E-state index contributed by atoms with van der Waals surface area (Å²) in [6, 6.07) is 0. The summed E-state index contributed by atoms with van der Waals surface area (Å²) in [7, 11) is 1.41. The van der Waals surface area contributed by atoms with Gasteiger partial charge in [0.15, 0.2) is 0 Å². The first-order valence-corrected chi connectivity index (χ1v) is 11.9. The van der Waals surface area contributed by atoms with Gasteiger partial charge in [0.05, 0.1) is 12.7 Å². The molecule has 0 aliphatic heterocycles. The highest BCUT2D eigenvalue weighted by atomic mass is 32.1. The first-order chi connectivity index (χ1) is 13.6. The van der Waals surface area contributed by atoms with E-state index in [2.05, 4.69) is 19.2 Å². The first kappa shape index (κ1) is 22.9. The average Bonchev–Trinajstić information content (AvgIpc) is 3.02. The summed E-state index contributed by atoms with van der Waals surface area (Å²) >= 11 is 1.56. The number of methoxy groups -OCH3 is 1. The summed E-state index contributed by atoms with van der Waals surface area (Å²) in [5, 5.41) is 3.69. The third-order valence-electron chi connectivity index (χ3n) is 5.66. The van der Waals surface area contributed by atoms with Gasteiger partial charge in [0.1, 0.15) is 5.00 Å². The summed E-state index contributed by atoms with van der Waals surface area (Å²) in [5.41, 5.74) is 1.68. The Hall–Kier alpha value is -1.36. The Kier molecular flexibility index (Phi) is 10.0. The van der Waals surface area contributed by atoms with Gasteiger partial charge in [-0.25, -0.2) is 4.79 Å². The van der Waals surface area contributed by atoms with Crippen LogP contribution in [-0.2, 0) is 22.4 Å². The average molecular weight is 408 g/mol. The number of carbonyl (C=O) groups is 2. The van der Waals surface area contributed by atoms with Crippen LogP contribution in [0.2, 0.25) is 0 Å². The van der Waals surface area contributed by atoms with Crippen molar-refractivity contribution in [2.75, 3.05) is 12.4 Å². The number of fused-ring (bicyclic) bond motifs is 1. The molecule has 1 aromatic heterocycles. The number of anilines is 1. The van der Waals surface area contributed by atoms with Crippen molar-refractivity contribution in [1.29, 1.82) is 0 Å². The van der Waals surface area contributed by atoms with Gasteiger partial charge in [0.2, 0.25) is 5.91 Å². The van der Waals surface area contributed by atoms with E-state index in [9.17, 15) is 9.59 Å². The second-order valence-electron chi connectivity index (χ2n) is 8.17. The molecular weight excluding hydrogens is 370 g/mol. The summed E-state index contributed by atoms with van der Waals surface area (Å²) in [6.07, 6.45) is 14.6. The number of hydrogen-bond acceptors (Lipinski definition) is 4. The zero-order valence-electron chi connectivity index (χ0n) is 17.9. The summed E-state index contributed by atoms with van der Waals surface area (Å²) < 4.78 is 4.99. The highest BCUT2D eigenvalue weighted by molar-refractivity contribution is 7.17. The Labute approximate surface area is 174 Å². The van der Waals surface area contributed by atoms with Crippen LogP contribution in [0.1, 0.15) is 105 Å². The van der Waals surface area contributed by atoms with E-state index in [4.69, 9.17) is 4.74 Å². The molecule has 0 saturated heterocycles. The zero-order valence-corrected chi connectivity index (χ0v) is 18.7. The van der Waals surface area contributed by atoms with Crippen LogP contribution in [0.5, 0.6) is 0 Å². The standard InChI is InChI=1S/C23H37NO3S/c1-4-5-6-7-8-9-10-11-12-13-20(25)24-22-21(23(26)27-3)18-15-14-17(2)16-19(18)28-22/h17H,4-16H2,1-3H3,(H,24,25)/t17-/m1/s1. The molecule has 28 heavy (non-hydrogen) atoms. The topological polar surface area (TPSA) is 55.4 Å². The van der Waals surface area contributed by atoms with Gasteiger partial charge >= 0.3 is 5.97 Å². The van der Waals surface area contributed by atoms with Gasteiger partial charge < -0.3 is 10.1 Å². The molecule has 0 aromatic carbocycles. The number of rotatable bonds is 12. The van der Waals surface area contributed by atoms with E-state index in [0.717, 1.165) is 37.7 Å². The zero-order chi connectivity index (χ0) is 20.4. The molecule has 0 saturated carbocycles. The molecule has 1 atom stereocenters. The maximum absolute atomic E-state index is 12.4. The minimum absolute atomic E-state index is 0.0137.